The molecule has 0 radical (unpaired) electrons. The van der Waals surface area contributed by atoms with E-state index in [1.807, 2.05) is 0 Å². The molecule has 9 atom stereocenters. The van der Waals surface area contributed by atoms with Crippen LogP contribution in [0.1, 0.15) is 102 Å². The van der Waals surface area contributed by atoms with E-state index in [1.165, 1.54) is 10.4 Å². The van der Waals surface area contributed by atoms with Crippen molar-refractivity contribution >= 4 is 41.6 Å². The topological polar surface area (TPSA) is 65.0 Å². The van der Waals surface area contributed by atoms with E-state index in [1.54, 1.807) is 0 Å². The van der Waals surface area contributed by atoms with Crippen molar-refractivity contribution in [1.29, 1.82) is 0 Å². The first-order chi connectivity index (χ1) is 25.3. The summed E-state index contributed by atoms with van der Waals surface area (Å²) >= 11 is 0. The predicted molar refractivity (Wildman–Crippen MR) is 240 cm³/mol. The second kappa shape index (κ2) is 17.4. The van der Waals surface area contributed by atoms with E-state index in [0.29, 0.717) is 25.6 Å². The number of carbonyl (C=O) groups is 1. The number of carbonyl (C=O) groups excluding carboxylic acids is 1. The lowest BCUT2D eigenvalue weighted by molar-refractivity contribution is -0.147. The van der Waals surface area contributed by atoms with Crippen molar-refractivity contribution in [1.82, 2.24) is 0 Å². The Kier molecular flexibility index (Phi) is 14.7. The Labute approximate surface area is 340 Å². The molecular formula is C47H80O5Si3. The average Bonchev–Trinajstić information content (AvgIpc) is 3.09. The van der Waals surface area contributed by atoms with Crippen molar-refractivity contribution in [2.75, 3.05) is 13.2 Å². The van der Waals surface area contributed by atoms with Gasteiger partial charge in [-0.1, -0.05) is 144 Å². The number of hydrogen-bond donors (Lipinski definition) is 1. The Bertz CT molecular complexity index is 1470. The fourth-order valence-corrected chi connectivity index (χ4v) is 16.4. The van der Waals surface area contributed by atoms with Crippen LogP contribution in [0.25, 0.3) is 0 Å². The highest BCUT2D eigenvalue weighted by molar-refractivity contribution is 6.99. The number of benzene rings is 2. The molecule has 0 heterocycles. The summed E-state index contributed by atoms with van der Waals surface area (Å²) in [6, 6.07) is 22.0. The van der Waals surface area contributed by atoms with Crippen LogP contribution in [0.2, 0.25) is 41.3 Å². The molecule has 5 nitrogen and oxygen atoms in total. The monoisotopic (exact) mass is 809 g/mol. The zero-order valence-electron chi connectivity index (χ0n) is 37.7. The summed E-state index contributed by atoms with van der Waals surface area (Å²) in [6.07, 6.45) is 2.79. The molecule has 0 bridgehead atoms. The summed E-state index contributed by atoms with van der Waals surface area (Å²) in [7, 11) is -6.92. The van der Waals surface area contributed by atoms with E-state index in [-0.39, 0.29) is 62.6 Å². The van der Waals surface area contributed by atoms with E-state index >= 15 is 0 Å². The van der Waals surface area contributed by atoms with Crippen molar-refractivity contribution in [3.8, 4) is 0 Å². The van der Waals surface area contributed by atoms with Gasteiger partial charge < -0.3 is 23.2 Å². The molecule has 0 spiro atoms. The minimum atomic E-state index is -2.86. The van der Waals surface area contributed by atoms with E-state index < -0.39 is 31.1 Å². The Hall–Kier alpha value is -1.40. The lowest BCUT2D eigenvalue weighted by Crippen LogP contribution is -2.68. The van der Waals surface area contributed by atoms with Gasteiger partial charge in [0.2, 0.25) is 0 Å². The Morgan fingerprint density at radius 2 is 1.16 bits per heavy atom. The van der Waals surface area contributed by atoms with E-state index in [4.69, 9.17) is 13.3 Å². The van der Waals surface area contributed by atoms with Crippen LogP contribution in [0.15, 0.2) is 60.7 Å². The fourth-order valence-electron chi connectivity index (χ4n) is 9.50. The first-order valence-electron chi connectivity index (χ1n) is 21.5. The molecule has 55 heavy (non-hydrogen) atoms. The van der Waals surface area contributed by atoms with Crippen LogP contribution in [0.5, 0.6) is 0 Å². The normalized spacial score (nSPS) is 27.1. The standard InChI is InChI=1S/C47H80O5Si3/c1-33(2)42(32-51-54(15,16)46(7,8)9)40-27-35(30-48)44(49)43-39(34(3)31-50-53(13,14)45(4,5)6)28-36(29-41(40)43)52-55(47(10,11)12,37-23-19-17-20-24-37)38-25-21-18-22-26-38/h17-26,30,33-36,39-44,49H,27-29,31-32H2,1-16H3/t34-,35+,36-,39+,40-,41-,42-,43-,44-/m1/s1. The largest absolute Gasteiger partial charge is 0.417 e. The third kappa shape index (κ3) is 9.91. The van der Waals surface area contributed by atoms with Crippen molar-refractivity contribution < 1.29 is 23.2 Å². The third-order valence-corrected chi connectivity index (χ3v) is 29.1. The maximum atomic E-state index is 12.9. The molecule has 0 aromatic heterocycles. The van der Waals surface area contributed by atoms with Crippen LogP contribution in [0.4, 0.5) is 0 Å². The minimum Gasteiger partial charge on any atom is -0.417 e. The molecule has 2 aromatic carbocycles. The van der Waals surface area contributed by atoms with Crippen molar-refractivity contribution in [2.45, 2.75) is 156 Å². The summed E-state index contributed by atoms with van der Waals surface area (Å²) in [4.78, 5) is 12.9. The van der Waals surface area contributed by atoms with Gasteiger partial charge in [-0.2, -0.15) is 0 Å². The SMILES string of the molecule is CC(C)[C@@H](CO[Si](C)(C)C(C)(C)C)[C@@H]1C[C@@H](C=O)[C@@H](O)[C@H]2[C@@H]1C[C@H](O[Si](c1ccccc1)(c1ccccc1)C(C)(C)C)C[C@H]2[C@H](C)CO[Si](C)(C)C(C)(C)C. The Morgan fingerprint density at radius 3 is 1.58 bits per heavy atom. The number of aldehydes is 1. The quantitative estimate of drug-likeness (QED) is 0.152. The van der Waals surface area contributed by atoms with E-state index in [2.05, 4.69) is 170 Å². The van der Waals surface area contributed by atoms with Gasteiger partial charge in [0.1, 0.15) is 6.29 Å². The van der Waals surface area contributed by atoms with Gasteiger partial charge >= 0.3 is 0 Å². The van der Waals surface area contributed by atoms with Gasteiger partial charge in [0.15, 0.2) is 16.6 Å². The third-order valence-electron chi connectivity index (χ3n) is 15.0. The smallest absolute Gasteiger partial charge is 0.261 e. The summed E-state index contributed by atoms with van der Waals surface area (Å²) in [5.74, 6) is 0.991. The van der Waals surface area contributed by atoms with Gasteiger partial charge in [-0.05, 0) is 112 Å². The summed E-state index contributed by atoms with van der Waals surface area (Å²) < 4.78 is 22.0. The van der Waals surface area contributed by atoms with Gasteiger partial charge in [-0.25, -0.2) is 0 Å². The first-order valence-corrected chi connectivity index (χ1v) is 29.2. The summed E-state index contributed by atoms with van der Waals surface area (Å²) in [5.41, 5.74) is 0. The highest BCUT2D eigenvalue weighted by Crippen LogP contribution is 2.55. The molecule has 8 heteroatoms. The van der Waals surface area contributed by atoms with Gasteiger partial charge in [0.25, 0.3) is 8.32 Å². The summed E-state index contributed by atoms with van der Waals surface area (Å²) in [5, 5.41) is 15.0. The van der Waals surface area contributed by atoms with Gasteiger partial charge in [-0.3, -0.25) is 0 Å². The van der Waals surface area contributed by atoms with Crippen LogP contribution in [-0.4, -0.2) is 61.8 Å². The number of aliphatic hydroxyl groups is 1. The maximum absolute atomic E-state index is 12.9. The number of fused-ring (bicyclic) bond motifs is 1. The second-order valence-electron chi connectivity index (χ2n) is 22.0. The lowest BCUT2D eigenvalue weighted by atomic mass is 9.52. The molecule has 2 saturated carbocycles. The molecule has 0 amide bonds. The van der Waals surface area contributed by atoms with Crippen LogP contribution < -0.4 is 10.4 Å². The van der Waals surface area contributed by atoms with E-state index in [9.17, 15) is 9.90 Å². The van der Waals surface area contributed by atoms with Crippen molar-refractivity contribution in [2.24, 2.45) is 47.3 Å². The van der Waals surface area contributed by atoms with Crippen LogP contribution in [0, 0.1) is 47.3 Å². The van der Waals surface area contributed by atoms with Crippen molar-refractivity contribution in [3.63, 3.8) is 0 Å². The highest BCUT2D eigenvalue weighted by atomic mass is 28.4. The molecule has 310 valence electrons. The molecule has 2 aliphatic carbocycles. The Morgan fingerprint density at radius 1 is 0.691 bits per heavy atom. The number of hydrogen-bond acceptors (Lipinski definition) is 5. The first kappa shape index (κ1) is 46.3. The number of rotatable bonds is 14. The Balaban J connectivity index is 1.87. The highest BCUT2D eigenvalue weighted by Gasteiger charge is 2.57. The van der Waals surface area contributed by atoms with Gasteiger partial charge in [-0.15, -0.1) is 0 Å². The molecule has 2 aromatic rings. The lowest BCUT2D eigenvalue weighted by Gasteiger charge is -2.57. The van der Waals surface area contributed by atoms with Gasteiger partial charge in [0, 0.05) is 25.2 Å². The molecule has 2 fully saturated rings. The number of aliphatic hydroxyl groups excluding tert-OH is 1. The second-order valence-corrected chi connectivity index (χ2v) is 35.9. The maximum Gasteiger partial charge on any atom is 0.261 e. The molecule has 1 N–H and O–H groups in total. The summed E-state index contributed by atoms with van der Waals surface area (Å²) in [6.45, 7) is 38.7. The van der Waals surface area contributed by atoms with Crippen LogP contribution >= 0.6 is 0 Å². The van der Waals surface area contributed by atoms with Crippen molar-refractivity contribution in [3.05, 3.63) is 60.7 Å². The zero-order valence-corrected chi connectivity index (χ0v) is 40.7. The molecule has 0 unspecified atom stereocenters. The molecule has 2 aliphatic rings. The predicted octanol–water partition coefficient (Wildman–Crippen LogP) is 10.7. The van der Waals surface area contributed by atoms with E-state index in [0.717, 1.165) is 19.1 Å². The fraction of sp³-hybridized carbons (Fsp3) is 0.723. The van der Waals surface area contributed by atoms with Crippen LogP contribution in [-0.2, 0) is 18.1 Å². The van der Waals surface area contributed by atoms with Crippen LogP contribution in [0.3, 0.4) is 0 Å². The molecular weight excluding hydrogens is 729 g/mol. The zero-order chi connectivity index (χ0) is 41.4. The van der Waals surface area contributed by atoms with Gasteiger partial charge in [0.05, 0.1) is 6.10 Å². The minimum absolute atomic E-state index is 0.00974. The molecule has 0 saturated heterocycles. The molecule has 0 aliphatic heterocycles. The molecule has 4 rings (SSSR count). The average molecular weight is 809 g/mol.